The number of carbonyl (C=O) groups excluding carboxylic acids is 2. The quantitative estimate of drug-likeness (QED) is 0.864. The standard InChI is InChI=1S/C18H19N3O3/c19-10-18(23)21(13-6-2-1-3-7-13)12-16(22)15-11-20-24-17-9-5-4-8-14(15)17/h1-9,15,20H,10-12,19H2. The first kappa shape index (κ1) is 16.2. The summed E-state index contributed by atoms with van der Waals surface area (Å²) in [5.74, 6) is -0.0861. The first-order chi connectivity index (χ1) is 11.7. The summed E-state index contributed by atoms with van der Waals surface area (Å²) in [5, 5.41) is 0. The zero-order valence-corrected chi connectivity index (χ0v) is 13.1. The Hall–Kier alpha value is -2.70. The molecule has 1 atom stereocenters. The summed E-state index contributed by atoms with van der Waals surface area (Å²) >= 11 is 0. The molecule has 2 aromatic rings. The van der Waals surface area contributed by atoms with Gasteiger partial charge in [-0.1, -0.05) is 36.4 Å². The Balaban J connectivity index is 1.83. The van der Waals surface area contributed by atoms with E-state index >= 15 is 0 Å². The summed E-state index contributed by atoms with van der Waals surface area (Å²) in [6.45, 7) is 0.195. The van der Waals surface area contributed by atoms with Crippen LogP contribution in [0, 0.1) is 0 Å². The SMILES string of the molecule is NCC(=O)N(CC(=O)C1CNOc2ccccc21)c1ccccc1. The van der Waals surface area contributed by atoms with E-state index in [0.29, 0.717) is 18.0 Å². The summed E-state index contributed by atoms with van der Waals surface area (Å²) < 4.78 is 0. The van der Waals surface area contributed by atoms with Gasteiger partial charge in [-0.3, -0.25) is 9.59 Å². The third kappa shape index (κ3) is 3.29. The highest BCUT2D eigenvalue weighted by atomic mass is 16.6. The van der Waals surface area contributed by atoms with Gasteiger partial charge in [-0.15, -0.1) is 0 Å². The Morgan fingerprint density at radius 2 is 1.83 bits per heavy atom. The number of para-hydroxylation sites is 2. The molecule has 6 nitrogen and oxygen atoms in total. The number of benzene rings is 2. The van der Waals surface area contributed by atoms with E-state index in [1.165, 1.54) is 4.90 Å². The minimum Gasteiger partial charge on any atom is -0.408 e. The predicted octanol–water partition coefficient (Wildman–Crippen LogP) is 1.23. The number of hydrogen-bond donors (Lipinski definition) is 2. The van der Waals surface area contributed by atoms with Crippen LogP contribution in [-0.2, 0) is 9.59 Å². The fourth-order valence-electron chi connectivity index (χ4n) is 2.77. The fraction of sp³-hybridized carbons (Fsp3) is 0.222. The molecular weight excluding hydrogens is 306 g/mol. The molecule has 1 unspecified atom stereocenters. The topological polar surface area (TPSA) is 84.7 Å². The van der Waals surface area contributed by atoms with Gasteiger partial charge in [-0.2, -0.15) is 5.48 Å². The van der Waals surface area contributed by atoms with Gasteiger partial charge >= 0.3 is 0 Å². The number of anilines is 1. The van der Waals surface area contributed by atoms with Crippen LogP contribution in [0.15, 0.2) is 54.6 Å². The van der Waals surface area contributed by atoms with E-state index in [0.717, 1.165) is 5.56 Å². The van der Waals surface area contributed by atoms with Crippen molar-refractivity contribution >= 4 is 17.4 Å². The molecule has 0 aromatic heterocycles. The van der Waals surface area contributed by atoms with Gasteiger partial charge in [0.25, 0.3) is 0 Å². The second kappa shape index (κ2) is 7.25. The van der Waals surface area contributed by atoms with Crippen molar-refractivity contribution in [1.29, 1.82) is 0 Å². The van der Waals surface area contributed by atoms with E-state index < -0.39 is 0 Å². The van der Waals surface area contributed by atoms with Crippen LogP contribution in [0.2, 0.25) is 0 Å². The van der Waals surface area contributed by atoms with Crippen molar-refractivity contribution in [2.75, 3.05) is 24.5 Å². The van der Waals surface area contributed by atoms with Crippen LogP contribution >= 0.6 is 0 Å². The Kier molecular flexibility index (Phi) is 4.88. The predicted molar refractivity (Wildman–Crippen MR) is 90.7 cm³/mol. The van der Waals surface area contributed by atoms with Crippen LogP contribution < -0.4 is 21.0 Å². The molecule has 0 aliphatic carbocycles. The summed E-state index contributed by atoms with van der Waals surface area (Å²) in [4.78, 5) is 31.8. The number of nitrogens with one attached hydrogen (secondary N) is 1. The normalized spacial score (nSPS) is 16.0. The molecule has 124 valence electrons. The highest BCUT2D eigenvalue weighted by Gasteiger charge is 2.30. The Bertz CT molecular complexity index is 733. The molecule has 0 spiro atoms. The molecule has 1 amide bonds. The number of ketones is 1. The van der Waals surface area contributed by atoms with Gasteiger partial charge in [0, 0.05) is 17.8 Å². The second-order valence-corrected chi connectivity index (χ2v) is 5.53. The smallest absolute Gasteiger partial charge is 0.241 e. The van der Waals surface area contributed by atoms with Crippen molar-refractivity contribution in [2.24, 2.45) is 5.73 Å². The molecule has 0 saturated heterocycles. The zero-order chi connectivity index (χ0) is 16.9. The van der Waals surface area contributed by atoms with Crippen molar-refractivity contribution in [3.8, 4) is 5.75 Å². The molecule has 2 aromatic carbocycles. The average Bonchev–Trinajstić information content (AvgIpc) is 2.65. The van der Waals surface area contributed by atoms with Crippen molar-refractivity contribution in [3.63, 3.8) is 0 Å². The molecule has 0 bridgehead atoms. The van der Waals surface area contributed by atoms with Crippen molar-refractivity contribution in [2.45, 2.75) is 5.92 Å². The lowest BCUT2D eigenvalue weighted by Gasteiger charge is -2.28. The molecule has 3 rings (SSSR count). The first-order valence-electron chi connectivity index (χ1n) is 7.77. The largest absolute Gasteiger partial charge is 0.408 e. The molecule has 1 aliphatic rings. The first-order valence-corrected chi connectivity index (χ1v) is 7.77. The van der Waals surface area contributed by atoms with Gasteiger partial charge in [0.15, 0.2) is 11.5 Å². The summed E-state index contributed by atoms with van der Waals surface area (Å²) in [6, 6.07) is 16.5. The van der Waals surface area contributed by atoms with Crippen LogP contribution in [0.4, 0.5) is 5.69 Å². The molecule has 0 saturated carbocycles. The molecular formula is C18H19N3O3. The number of fused-ring (bicyclic) bond motifs is 1. The number of hydroxylamine groups is 1. The number of amides is 1. The molecule has 3 N–H and O–H groups in total. The van der Waals surface area contributed by atoms with Gasteiger partial charge < -0.3 is 15.5 Å². The van der Waals surface area contributed by atoms with Gasteiger partial charge in [0.1, 0.15) is 0 Å². The molecule has 1 heterocycles. The van der Waals surface area contributed by atoms with Crippen molar-refractivity contribution in [3.05, 3.63) is 60.2 Å². The summed E-state index contributed by atoms with van der Waals surface area (Å²) in [7, 11) is 0. The maximum Gasteiger partial charge on any atom is 0.241 e. The fourth-order valence-corrected chi connectivity index (χ4v) is 2.77. The third-order valence-corrected chi connectivity index (χ3v) is 4.01. The number of carbonyl (C=O) groups is 2. The Morgan fingerprint density at radius 1 is 1.12 bits per heavy atom. The van der Waals surface area contributed by atoms with Gasteiger partial charge in [0.05, 0.1) is 19.0 Å². The summed E-state index contributed by atoms with van der Waals surface area (Å²) in [5.41, 5.74) is 9.78. The number of Topliss-reactive ketones (excluding diaryl/α,β-unsaturated/α-hetero) is 1. The van der Waals surface area contributed by atoms with Crippen LogP contribution in [0.25, 0.3) is 0 Å². The van der Waals surface area contributed by atoms with E-state index in [9.17, 15) is 9.59 Å². The lowest BCUT2D eigenvalue weighted by molar-refractivity contribution is -0.123. The highest BCUT2D eigenvalue weighted by molar-refractivity contribution is 6.02. The Labute approximate surface area is 140 Å². The van der Waals surface area contributed by atoms with Gasteiger partial charge in [-0.25, -0.2) is 0 Å². The van der Waals surface area contributed by atoms with E-state index in [-0.39, 0.29) is 30.7 Å². The van der Waals surface area contributed by atoms with Crippen LogP contribution in [0.1, 0.15) is 11.5 Å². The number of nitrogens with zero attached hydrogens (tertiary/aromatic N) is 1. The van der Waals surface area contributed by atoms with Gasteiger partial charge in [0.2, 0.25) is 5.91 Å². The van der Waals surface area contributed by atoms with Crippen LogP contribution in [0.5, 0.6) is 5.75 Å². The minimum absolute atomic E-state index is 0.0271. The maximum atomic E-state index is 12.8. The Morgan fingerprint density at radius 3 is 2.58 bits per heavy atom. The van der Waals surface area contributed by atoms with Crippen LogP contribution in [-0.4, -0.2) is 31.3 Å². The van der Waals surface area contributed by atoms with E-state index in [1.54, 1.807) is 12.1 Å². The molecule has 1 aliphatic heterocycles. The molecule has 6 heteroatoms. The number of hydrogen-bond acceptors (Lipinski definition) is 5. The lowest BCUT2D eigenvalue weighted by atomic mass is 9.92. The monoisotopic (exact) mass is 325 g/mol. The third-order valence-electron chi connectivity index (χ3n) is 4.01. The molecule has 0 fully saturated rings. The van der Waals surface area contributed by atoms with E-state index in [4.69, 9.17) is 10.6 Å². The van der Waals surface area contributed by atoms with Gasteiger partial charge in [-0.05, 0) is 18.2 Å². The average molecular weight is 325 g/mol. The van der Waals surface area contributed by atoms with Crippen LogP contribution in [0.3, 0.4) is 0 Å². The minimum atomic E-state index is -0.369. The second-order valence-electron chi connectivity index (χ2n) is 5.53. The highest BCUT2D eigenvalue weighted by Crippen LogP contribution is 2.30. The van der Waals surface area contributed by atoms with E-state index in [1.807, 2.05) is 42.5 Å². The van der Waals surface area contributed by atoms with Crippen molar-refractivity contribution < 1.29 is 14.4 Å². The zero-order valence-electron chi connectivity index (χ0n) is 13.1. The van der Waals surface area contributed by atoms with E-state index in [2.05, 4.69) is 5.48 Å². The molecule has 0 radical (unpaired) electrons. The lowest BCUT2D eigenvalue weighted by Crippen LogP contribution is -2.43. The molecule has 24 heavy (non-hydrogen) atoms. The number of nitrogens with two attached hydrogens (primary N) is 1. The summed E-state index contributed by atoms with van der Waals surface area (Å²) in [6.07, 6.45) is 0. The maximum absolute atomic E-state index is 12.8. The van der Waals surface area contributed by atoms with Crippen molar-refractivity contribution in [1.82, 2.24) is 5.48 Å². The number of rotatable bonds is 5.